The molecule has 0 spiro atoms. The lowest BCUT2D eigenvalue weighted by atomic mass is 10.1. The molecule has 1 atom stereocenters. The van der Waals surface area contributed by atoms with Gasteiger partial charge in [-0.15, -0.1) is 0 Å². The second-order valence-corrected chi connectivity index (χ2v) is 5.53. The van der Waals surface area contributed by atoms with Crippen molar-refractivity contribution in [2.45, 2.75) is 6.04 Å². The van der Waals surface area contributed by atoms with Gasteiger partial charge < -0.3 is 14.4 Å². The fraction of sp³-hybridized carbons (Fsp3) is 0.385. The Balaban J connectivity index is 2.30. The topological polar surface area (TPSA) is 55.8 Å². The SMILES string of the molecule is COC(=O)C1COCCN1C(=O)c1cc(Cl)ccc1Br. The van der Waals surface area contributed by atoms with Crippen LogP contribution >= 0.6 is 27.5 Å². The Bertz CT molecular complexity index is 537. The van der Waals surface area contributed by atoms with E-state index >= 15 is 0 Å². The third-order valence-electron chi connectivity index (χ3n) is 3.02. The molecular formula is C13H13BrClNO4. The molecule has 1 aromatic rings. The van der Waals surface area contributed by atoms with Crippen molar-refractivity contribution in [3.63, 3.8) is 0 Å². The van der Waals surface area contributed by atoms with Crippen LogP contribution in [0.15, 0.2) is 22.7 Å². The minimum Gasteiger partial charge on any atom is -0.467 e. The Labute approximate surface area is 129 Å². The molecule has 1 fully saturated rings. The predicted octanol–water partition coefficient (Wildman–Crippen LogP) is 2.12. The first-order valence-electron chi connectivity index (χ1n) is 5.96. The summed E-state index contributed by atoms with van der Waals surface area (Å²) in [5.74, 6) is -0.769. The normalized spacial score (nSPS) is 18.8. The molecule has 5 nitrogen and oxygen atoms in total. The first-order valence-corrected chi connectivity index (χ1v) is 7.13. The molecule has 1 unspecified atom stereocenters. The van der Waals surface area contributed by atoms with Crippen molar-refractivity contribution in [1.29, 1.82) is 0 Å². The molecule has 1 amide bonds. The first-order chi connectivity index (χ1) is 9.54. The van der Waals surface area contributed by atoms with E-state index < -0.39 is 12.0 Å². The second kappa shape index (κ2) is 6.56. The Hall–Kier alpha value is -1.11. The standard InChI is InChI=1S/C13H13BrClNO4/c1-19-13(18)11-7-20-5-4-16(11)12(17)9-6-8(15)2-3-10(9)14/h2-3,6,11H,4-5,7H2,1H3. The number of hydrogen-bond acceptors (Lipinski definition) is 4. The minimum absolute atomic E-state index is 0.136. The Morgan fingerprint density at radius 3 is 2.95 bits per heavy atom. The number of carbonyl (C=O) groups is 2. The van der Waals surface area contributed by atoms with Crippen LogP contribution in [0.25, 0.3) is 0 Å². The third kappa shape index (κ3) is 3.13. The minimum atomic E-state index is -0.730. The molecule has 1 saturated heterocycles. The highest BCUT2D eigenvalue weighted by Crippen LogP contribution is 2.24. The van der Waals surface area contributed by atoms with E-state index in [-0.39, 0.29) is 12.5 Å². The maximum atomic E-state index is 12.6. The number of carbonyl (C=O) groups excluding carboxylic acids is 2. The lowest BCUT2D eigenvalue weighted by Crippen LogP contribution is -2.53. The number of rotatable bonds is 2. The molecule has 1 aliphatic rings. The Kier molecular flexibility index (Phi) is 5.01. The maximum absolute atomic E-state index is 12.6. The summed E-state index contributed by atoms with van der Waals surface area (Å²) in [6, 6.07) is 4.22. The van der Waals surface area contributed by atoms with Gasteiger partial charge in [-0.2, -0.15) is 0 Å². The van der Waals surface area contributed by atoms with Crippen LogP contribution in [0.3, 0.4) is 0 Å². The molecule has 7 heteroatoms. The highest BCUT2D eigenvalue weighted by Gasteiger charge is 2.34. The number of methoxy groups -OCH3 is 1. The number of esters is 1. The van der Waals surface area contributed by atoms with Gasteiger partial charge in [0, 0.05) is 16.0 Å². The monoisotopic (exact) mass is 361 g/mol. The Morgan fingerprint density at radius 2 is 2.25 bits per heavy atom. The third-order valence-corrected chi connectivity index (χ3v) is 3.95. The van der Waals surface area contributed by atoms with E-state index in [1.165, 1.54) is 12.0 Å². The van der Waals surface area contributed by atoms with Crippen LogP contribution in [0.4, 0.5) is 0 Å². The summed E-state index contributed by atoms with van der Waals surface area (Å²) in [4.78, 5) is 25.8. The van der Waals surface area contributed by atoms with E-state index in [1.54, 1.807) is 18.2 Å². The van der Waals surface area contributed by atoms with Gasteiger partial charge in [0.2, 0.25) is 0 Å². The van der Waals surface area contributed by atoms with Crippen LogP contribution in [0.2, 0.25) is 5.02 Å². The number of nitrogens with zero attached hydrogens (tertiary/aromatic N) is 1. The van der Waals surface area contributed by atoms with Gasteiger partial charge in [-0.3, -0.25) is 4.79 Å². The molecule has 0 N–H and O–H groups in total. The number of hydrogen-bond donors (Lipinski definition) is 0. The van der Waals surface area contributed by atoms with Gasteiger partial charge >= 0.3 is 5.97 Å². The summed E-state index contributed by atoms with van der Waals surface area (Å²) in [5, 5.41) is 0.458. The van der Waals surface area contributed by atoms with Crippen molar-refractivity contribution in [2.75, 3.05) is 26.9 Å². The van der Waals surface area contributed by atoms with Crippen LogP contribution < -0.4 is 0 Å². The number of benzene rings is 1. The average molecular weight is 363 g/mol. The van der Waals surface area contributed by atoms with Crippen LogP contribution in [-0.2, 0) is 14.3 Å². The van der Waals surface area contributed by atoms with Gasteiger partial charge in [-0.25, -0.2) is 4.79 Å². The molecule has 0 radical (unpaired) electrons. The van der Waals surface area contributed by atoms with Gasteiger partial charge in [0.1, 0.15) is 0 Å². The molecule has 0 saturated carbocycles. The van der Waals surface area contributed by atoms with Crippen molar-refractivity contribution >= 4 is 39.4 Å². The first kappa shape index (κ1) is 15.3. The van der Waals surface area contributed by atoms with Crippen LogP contribution in [0.5, 0.6) is 0 Å². The van der Waals surface area contributed by atoms with E-state index in [0.29, 0.717) is 28.2 Å². The Morgan fingerprint density at radius 1 is 1.50 bits per heavy atom. The lowest BCUT2D eigenvalue weighted by Gasteiger charge is -2.33. The largest absolute Gasteiger partial charge is 0.467 e. The van der Waals surface area contributed by atoms with Crippen molar-refractivity contribution in [2.24, 2.45) is 0 Å². The van der Waals surface area contributed by atoms with E-state index in [2.05, 4.69) is 15.9 Å². The number of halogens is 2. The van der Waals surface area contributed by atoms with Crippen molar-refractivity contribution in [3.05, 3.63) is 33.3 Å². The van der Waals surface area contributed by atoms with Crippen LogP contribution in [0, 0.1) is 0 Å². The molecule has 2 rings (SSSR count). The molecule has 1 heterocycles. The highest BCUT2D eigenvalue weighted by atomic mass is 79.9. The molecule has 0 bridgehead atoms. The van der Waals surface area contributed by atoms with Gasteiger partial charge in [0.15, 0.2) is 6.04 Å². The van der Waals surface area contributed by atoms with E-state index in [9.17, 15) is 9.59 Å². The summed E-state index contributed by atoms with van der Waals surface area (Å²) < 4.78 is 10.6. The quantitative estimate of drug-likeness (QED) is 0.756. The van der Waals surface area contributed by atoms with Crippen LogP contribution in [0.1, 0.15) is 10.4 Å². The molecule has 1 aliphatic heterocycles. The number of ether oxygens (including phenoxy) is 2. The van der Waals surface area contributed by atoms with Crippen molar-refractivity contribution in [1.82, 2.24) is 4.90 Å². The molecule has 0 aliphatic carbocycles. The average Bonchev–Trinajstić information content (AvgIpc) is 2.48. The zero-order valence-electron chi connectivity index (χ0n) is 10.8. The van der Waals surface area contributed by atoms with Gasteiger partial charge in [-0.1, -0.05) is 11.6 Å². The molecule has 108 valence electrons. The number of amides is 1. The molecule has 1 aromatic carbocycles. The molecule has 20 heavy (non-hydrogen) atoms. The van der Waals surface area contributed by atoms with Crippen molar-refractivity contribution < 1.29 is 19.1 Å². The molecule has 0 aromatic heterocycles. The van der Waals surface area contributed by atoms with Crippen LogP contribution in [-0.4, -0.2) is 49.7 Å². The summed E-state index contributed by atoms with van der Waals surface area (Å²) in [6.45, 7) is 0.853. The highest BCUT2D eigenvalue weighted by molar-refractivity contribution is 9.10. The predicted molar refractivity (Wildman–Crippen MR) is 76.8 cm³/mol. The lowest BCUT2D eigenvalue weighted by molar-refractivity contribution is -0.151. The zero-order chi connectivity index (χ0) is 14.7. The van der Waals surface area contributed by atoms with Gasteiger partial charge in [0.05, 0.1) is 25.9 Å². The number of morpholine rings is 1. The zero-order valence-corrected chi connectivity index (χ0v) is 13.1. The summed E-state index contributed by atoms with van der Waals surface area (Å²) in [7, 11) is 1.29. The maximum Gasteiger partial charge on any atom is 0.331 e. The van der Waals surface area contributed by atoms with E-state index in [0.717, 1.165) is 0 Å². The summed E-state index contributed by atoms with van der Waals surface area (Å²) in [6.07, 6.45) is 0. The fourth-order valence-electron chi connectivity index (χ4n) is 1.99. The van der Waals surface area contributed by atoms with Gasteiger partial charge in [0.25, 0.3) is 5.91 Å². The van der Waals surface area contributed by atoms with E-state index in [4.69, 9.17) is 21.1 Å². The van der Waals surface area contributed by atoms with E-state index in [1.807, 2.05) is 0 Å². The summed E-state index contributed by atoms with van der Waals surface area (Å²) >= 11 is 9.24. The summed E-state index contributed by atoms with van der Waals surface area (Å²) in [5.41, 5.74) is 0.410. The van der Waals surface area contributed by atoms with Crippen molar-refractivity contribution in [3.8, 4) is 0 Å². The molecular weight excluding hydrogens is 350 g/mol. The smallest absolute Gasteiger partial charge is 0.331 e. The van der Waals surface area contributed by atoms with Gasteiger partial charge in [-0.05, 0) is 34.1 Å². The second-order valence-electron chi connectivity index (χ2n) is 4.24. The fourth-order valence-corrected chi connectivity index (χ4v) is 2.58.